The third-order valence-corrected chi connectivity index (χ3v) is 3.48. The van der Waals surface area contributed by atoms with E-state index in [1.54, 1.807) is 12.1 Å². The van der Waals surface area contributed by atoms with Crippen LogP contribution < -0.4 is 5.73 Å². The number of phenolic OH excluding ortho intramolecular Hbond substituents is 1. The molecular weight excluding hydrogens is 224 g/mol. The van der Waals surface area contributed by atoms with Crippen molar-refractivity contribution in [3.8, 4) is 17.0 Å². The van der Waals surface area contributed by atoms with Gasteiger partial charge in [-0.2, -0.15) is 0 Å². The number of nitrogens with two attached hydrogens (primary N) is 1. The van der Waals surface area contributed by atoms with E-state index in [1.807, 2.05) is 18.2 Å². The topological polar surface area (TPSA) is 59.1 Å². The van der Waals surface area contributed by atoms with Crippen LogP contribution in [0, 0.1) is 0 Å². The normalized spacial score (nSPS) is 18.4. The molecule has 1 unspecified atom stereocenters. The van der Waals surface area contributed by atoms with E-state index in [-0.39, 0.29) is 11.8 Å². The van der Waals surface area contributed by atoms with Crippen molar-refractivity contribution in [2.45, 2.75) is 25.3 Å². The zero-order valence-corrected chi connectivity index (χ0v) is 10.1. The molecule has 1 aromatic heterocycles. The summed E-state index contributed by atoms with van der Waals surface area (Å²) in [4.78, 5) is 4.68. The fourth-order valence-electron chi connectivity index (χ4n) is 2.52. The highest BCUT2D eigenvalue weighted by Crippen LogP contribution is 2.29. The SMILES string of the molecule is NC1CCCc2nc(-c3cccc(O)c3)ccc21. The Morgan fingerprint density at radius 1 is 1.22 bits per heavy atom. The second-order valence-electron chi connectivity index (χ2n) is 4.78. The van der Waals surface area contributed by atoms with Gasteiger partial charge in [-0.05, 0) is 43.0 Å². The Morgan fingerprint density at radius 3 is 2.94 bits per heavy atom. The smallest absolute Gasteiger partial charge is 0.116 e. The van der Waals surface area contributed by atoms with Gasteiger partial charge in [0, 0.05) is 17.3 Å². The first-order valence-corrected chi connectivity index (χ1v) is 6.29. The van der Waals surface area contributed by atoms with E-state index in [0.29, 0.717) is 0 Å². The van der Waals surface area contributed by atoms with Crippen LogP contribution in [0.5, 0.6) is 5.75 Å². The van der Waals surface area contributed by atoms with E-state index in [2.05, 4.69) is 11.1 Å². The number of rotatable bonds is 1. The van der Waals surface area contributed by atoms with Crippen molar-refractivity contribution in [1.29, 1.82) is 0 Å². The molecule has 0 amide bonds. The summed E-state index contributed by atoms with van der Waals surface area (Å²) in [5, 5.41) is 9.51. The minimum atomic E-state index is 0.125. The summed E-state index contributed by atoms with van der Waals surface area (Å²) >= 11 is 0. The molecule has 1 atom stereocenters. The zero-order chi connectivity index (χ0) is 12.5. The number of aromatic nitrogens is 1. The molecular formula is C15H16N2O. The van der Waals surface area contributed by atoms with Crippen LogP contribution in [0.1, 0.15) is 30.1 Å². The Morgan fingerprint density at radius 2 is 2.11 bits per heavy atom. The largest absolute Gasteiger partial charge is 0.508 e. The van der Waals surface area contributed by atoms with Gasteiger partial charge in [0.2, 0.25) is 0 Å². The number of pyridine rings is 1. The molecule has 92 valence electrons. The van der Waals surface area contributed by atoms with Crippen LogP contribution >= 0.6 is 0 Å². The molecule has 0 spiro atoms. The number of hydrogen-bond acceptors (Lipinski definition) is 3. The van der Waals surface area contributed by atoms with Gasteiger partial charge in [0.05, 0.1) is 5.69 Å². The molecule has 3 rings (SSSR count). The van der Waals surface area contributed by atoms with Crippen molar-refractivity contribution in [1.82, 2.24) is 4.98 Å². The molecule has 3 nitrogen and oxygen atoms in total. The lowest BCUT2D eigenvalue weighted by Crippen LogP contribution is -2.18. The monoisotopic (exact) mass is 240 g/mol. The maximum atomic E-state index is 9.51. The van der Waals surface area contributed by atoms with Crippen LogP contribution in [0.2, 0.25) is 0 Å². The number of aromatic hydroxyl groups is 1. The lowest BCUT2D eigenvalue weighted by molar-refractivity contribution is 0.475. The third-order valence-electron chi connectivity index (χ3n) is 3.48. The minimum Gasteiger partial charge on any atom is -0.508 e. The highest BCUT2D eigenvalue weighted by atomic mass is 16.3. The molecule has 1 aliphatic carbocycles. The number of aryl methyl sites for hydroxylation is 1. The highest BCUT2D eigenvalue weighted by molar-refractivity contribution is 5.61. The third kappa shape index (κ3) is 1.97. The summed E-state index contributed by atoms with van der Waals surface area (Å²) in [6.45, 7) is 0. The molecule has 0 fully saturated rings. The van der Waals surface area contributed by atoms with Gasteiger partial charge in [-0.15, -0.1) is 0 Å². The Bertz CT molecular complexity index is 580. The van der Waals surface area contributed by atoms with Crippen LogP contribution in [0.4, 0.5) is 0 Å². The van der Waals surface area contributed by atoms with E-state index >= 15 is 0 Å². The maximum absolute atomic E-state index is 9.51. The zero-order valence-electron chi connectivity index (χ0n) is 10.1. The molecule has 0 saturated heterocycles. The van der Waals surface area contributed by atoms with Crippen molar-refractivity contribution < 1.29 is 5.11 Å². The summed E-state index contributed by atoms with van der Waals surface area (Å²) in [7, 11) is 0. The molecule has 0 saturated carbocycles. The molecule has 3 N–H and O–H groups in total. The summed E-state index contributed by atoms with van der Waals surface area (Å²) in [5.74, 6) is 0.267. The van der Waals surface area contributed by atoms with E-state index in [9.17, 15) is 5.11 Å². The van der Waals surface area contributed by atoms with Gasteiger partial charge in [0.1, 0.15) is 5.75 Å². The standard InChI is InChI=1S/C15H16N2O/c16-13-5-2-6-15-12(13)7-8-14(17-15)10-3-1-4-11(18)9-10/h1,3-4,7-9,13,18H,2,5-6,16H2. The summed E-state index contributed by atoms with van der Waals surface area (Å²) in [6.07, 6.45) is 3.14. The van der Waals surface area contributed by atoms with Gasteiger partial charge in [0.25, 0.3) is 0 Å². The average molecular weight is 240 g/mol. The van der Waals surface area contributed by atoms with Gasteiger partial charge < -0.3 is 10.8 Å². The van der Waals surface area contributed by atoms with E-state index < -0.39 is 0 Å². The minimum absolute atomic E-state index is 0.125. The van der Waals surface area contributed by atoms with Crippen molar-refractivity contribution >= 4 is 0 Å². The summed E-state index contributed by atoms with van der Waals surface area (Å²) in [6, 6.07) is 11.4. The molecule has 1 heterocycles. The molecule has 0 radical (unpaired) electrons. The van der Waals surface area contributed by atoms with Crippen LogP contribution in [-0.4, -0.2) is 10.1 Å². The molecule has 1 aromatic carbocycles. The van der Waals surface area contributed by atoms with Crippen molar-refractivity contribution in [2.24, 2.45) is 5.73 Å². The van der Waals surface area contributed by atoms with Crippen LogP contribution in [0.3, 0.4) is 0 Å². The first kappa shape index (κ1) is 11.2. The predicted molar refractivity (Wildman–Crippen MR) is 71.2 cm³/mol. The predicted octanol–water partition coefficient (Wildman–Crippen LogP) is 2.79. The first-order chi connectivity index (χ1) is 8.74. The summed E-state index contributed by atoms with van der Waals surface area (Å²) in [5.41, 5.74) is 10.2. The number of benzene rings is 1. The van der Waals surface area contributed by atoms with Crippen LogP contribution in [-0.2, 0) is 6.42 Å². The number of phenols is 1. The fourth-order valence-corrected chi connectivity index (χ4v) is 2.52. The molecule has 2 aromatic rings. The van der Waals surface area contributed by atoms with Crippen molar-refractivity contribution in [2.75, 3.05) is 0 Å². The van der Waals surface area contributed by atoms with E-state index in [4.69, 9.17) is 5.73 Å². The number of hydrogen-bond donors (Lipinski definition) is 2. The fraction of sp³-hybridized carbons (Fsp3) is 0.267. The van der Waals surface area contributed by atoms with Gasteiger partial charge in [0.15, 0.2) is 0 Å². The quantitative estimate of drug-likeness (QED) is 0.805. The van der Waals surface area contributed by atoms with Gasteiger partial charge in [-0.1, -0.05) is 18.2 Å². The van der Waals surface area contributed by atoms with E-state index in [1.165, 1.54) is 5.56 Å². The highest BCUT2D eigenvalue weighted by Gasteiger charge is 2.18. The van der Waals surface area contributed by atoms with Gasteiger partial charge >= 0.3 is 0 Å². The van der Waals surface area contributed by atoms with E-state index in [0.717, 1.165) is 36.2 Å². The van der Waals surface area contributed by atoms with Gasteiger partial charge in [-0.3, -0.25) is 4.98 Å². The van der Waals surface area contributed by atoms with Crippen molar-refractivity contribution in [3.63, 3.8) is 0 Å². The second kappa shape index (κ2) is 4.42. The Hall–Kier alpha value is -1.87. The summed E-state index contributed by atoms with van der Waals surface area (Å²) < 4.78 is 0. The van der Waals surface area contributed by atoms with Gasteiger partial charge in [-0.25, -0.2) is 0 Å². The second-order valence-corrected chi connectivity index (χ2v) is 4.78. The number of nitrogens with zero attached hydrogens (tertiary/aromatic N) is 1. The van der Waals surface area contributed by atoms with Crippen LogP contribution in [0.15, 0.2) is 36.4 Å². The molecule has 1 aliphatic rings. The average Bonchev–Trinajstić information content (AvgIpc) is 2.39. The first-order valence-electron chi connectivity index (χ1n) is 6.29. The van der Waals surface area contributed by atoms with Crippen LogP contribution in [0.25, 0.3) is 11.3 Å². The number of fused-ring (bicyclic) bond motifs is 1. The Labute approximate surface area is 106 Å². The molecule has 0 aliphatic heterocycles. The molecule has 3 heteroatoms. The maximum Gasteiger partial charge on any atom is 0.116 e. The molecule has 18 heavy (non-hydrogen) atoms. The molecule has 0 bridgehead atoms. The lowest BCUT2D eigenvalue weighted by Gasteiger charge is -2.21. The Balaban J connectivity index is 2.04. The Kier molecular flexibility index (Phi) is 2.76. The lowest BCUT2D eigenvalue weighted by atomic mass is 9.91. The van der Waals surface area contributed by atoms with Crippen molar-refractivity contribution in [3.05, 3.63) is 47.7 Å².